The fraction of sp³-hybridized carbons (Fsp3) is 0.182. The van der Waals surface area contributed by atoms with Crippen molar-refractivity contribution in [3.05, 3.63) is 108 Å². The molecule has 0 aromatic heterocycles. The first kappa shape index (κ1) is 17.5. The van der Waals surface area contributed by atoms with Crippen LogP contribution in [-0.4, -0.2) is 11.9 Å². The van der Waals surface area contributed by atoms with Crippen LogP contribution in [0.2, 0.25) is 0 Å². The third kappa shape index (κ3) is 3.28. The van der Waals surface area contributed by atoms with Crippen LogP contribution in [0.4, 0.5) is 0 Å². The first-order valence-electron chi connectivity index (χ1n) is 8.43. The van der Waals surface area contributed by atoms with E-state index in [2.05, 4.69) is 24.0 Å². The average molecular weight is 347 g/mol. The lowest BCUT2D eigenvalue weighted by atomic mass is 9.94. The lowest BCUT2D eigenvalue weighted by Crippen LogP contribution is -2.41. The molecule has 0 aliphatic rings. The maximum Gasteiger partial charge on any atom is 0.188 e. The van der Waals surface area contributed by atoms with E-state index in [0.29, 0.717) is 0 Å². The summed E-state index contributed by atoms with van der Waals surface area (Å²) in [4.78, 5) is 2.20. The van der Waals surface area contributed by atoms with Gasteiger partial charge in [-0.25, -0.2) is 0 Å². The topological polar surface area (TPSA) is 20.3 Å². The van der Waals surface area contributed by atoms with Gasteiger partial charge in [-0.15, -0.1) is 0 Å². The molecule has 0 heterocycles. The summed E-state index contributed by atoms with van der Waals surface area (Å²) in [7, 11) is 2.09. The van der Waals surface area contributed by atoms with E-state index in [0.717, 1.165) is 11.1 Å². The van der Waals surface area contributed by atoms with Crippen LogP contribution in [0.25, 0.3) is 0 Å². The second-order valence-corrected chi connectivity index (χ2v) is 7.02. The largest absolute Gasteiger partial charge is 0.276 e. The van der Waals surface area contributed by atoms with Crippen molar-refractivity contribution < 1.29 is 4.57 Å². The van der Waals surface area contributed by atoms with Gasteiger partial charge in [0.2, 0.25) is 0 Å². The van der Waals surface area contributed by atoms with E-state index in [1.165, 1.54) is 5.56 Å². The third-order valence-electron chi connectivity index (χ3n) is 4.86. The van der Waals surface area contributed by atoms with Crippen molar-refractivity contribution >= 4 is 8.46 Å². The molecule has 0 fully saturated rings. The quantitative estimate of drug-likeness (QED) is 0.520. The predicted molar refractivity (Wildman–Crippen MR) is 104 cm³/mol. The van der Waals surface area contributed by atoms with Gasteiger partial charge in [0.05, 0.1) is 0 Å². The van der Waals surface area contributed by atoms with Gasteiger partial charge in [0, 0.05) is 6.04 Å². The molecule has 0 aliphatic carbocycles. The average Bonchev–Trinajstić information content (AvgIpc) is 2.70. The number of rotatable bonds is 6. The highest BCUT2D eigenvalue weighted by atomic mass is 31.1. The Bertz CT molecular complexity index is 766. The standard InChI is InChI=1S/C22H22NOP/c1-18(19-12-6-3-7-13-19)23(2)22(25-24,20-14-8-4-9-15-20)21-16-10-5-11-17-21/h3-18H,1-2H3. The van der Waals surface area contributed by atoms with Crippen LogP contribution >= 0.6 is 8.46 Å². The molecule has 126 valence electrons. The van der Waals surface area contributed by atoms with Crippen LogP contribution in [0.5, 0.6) is 0 Å². The normalized spacial score (nSPS) is 13.1. The zero-order valence-corrected chi connectivity index (χ0v) is 15.4. The predicted octanol–water partition coefficient (Wildman–Crippen LogP) is 5.87. The molecular weight excluding hydrogens is 325 g/mol. The van der Waals surface area contributed by atoms with E-state index in [-0.39, 0.29) is 14.5 Å². The molecule has 3 aromatic rings. The molecule has 0 radical (unpaired) electrons. The maximum atomic E-state index is 12.7. The summed E-state index contributed by atoms with van der Waals surface area (Å²) in [6.45, 7) is 2.15. The Hall–Kier alpha value is -2.28. The van der Waals surface area contributed by atoms with Crippen LogP contribution in [-0.2, 0) is 9.85 Å². The Morgan fingerprint density at radius 3 is 1.56 bits per heavy atom. The van der Waals surface area contributed by atoms with E-state index >= 15 is 0 Å². The maximum absolute atomic E-state index is 12.7. The van der Waals surface area contributed by atoms with Gasteiger partial charge in [0.25, 0.3) is 0 Å². The van der Waals surface area contributed by atoms with E-state index in [1.54, 1.807) is 0 Å². The molecule has 3 aromatic carbocycles. The Morgan fingerprint density at radius 2 is 1.16 bits per heavy atom. The molecule has 0 saturated carbocycles. The van der Waals surface area contributed by atoms with Crippen LogP contribution in [0.1, 0.15) is 29.7 Å². The van der Waals surface area contributed by atoms with E-state index in [4.69, 9.17) is 0 Å². The Morgan fingerprint density at radius 1 is 0.760 bits per heavy atom. The second kappa shape index (κ2) is 7.74. The molecule has 0 N–H and O–H groups in total. The highest BCUT2D eigenvalue weighted by Gasteiger charge is 2.42. The Labute approximate surface area is 151 Å². The minimum Gasteiger partial charge on any atom is -0.276 e. The molecule has 0 saturated heterocycles. The molecular formula is C22H22NOP. The molecule has 0 spiro atoms. The summed E-state index contributed by atoms with van der Waals surface area (Å²) in [6.07, 6.45) is 0. The third-order valence-corrected chi connectivity index (χ3v) is 5.95. The van der Waals surface area contributed by atoms with Gasteiger partial charge in [0.1, 0.15) is 0 Å². The first-order chi connectivity index (χ1) is 12.2. The monoisotopic (exact) mass is 347 g/mol. The minimum atomic E-state index is -0.738. The summed E-state index contributed by atoms with van der Waals surface area (Å²) in [5.41, 5.74) is 3.23. The van der Waals surface area contributed by atoms with Crippen molar-refractivity contribution in [2.45, 2.75) is 18.2 Å². The van der Waals surface area contributed by atoms with Gasteiger partial charge in [-0.1, -0.05) is 91.0 Å². The van der Waals surface area contributed by atoms with E-state index in [1.807, 2.05) is 85.9 Å². The van der Waals surface area contributed by atoms with Gasteiger partial charge in [0.15, 0.2) is 13.7 Å². The summed E-state index contributed by atoms with van der Waals surface area (Å²) in [5, 5.41) is -0.738. The van der Waals surface area contributed by atoms with Crippen LogP contribution in [0.15, 0.2) is 91.0 Å². The summed E-state index contributed by atoms with van der Waals surface area (Å²) in [5.74, 6) is 0. The molecule has 1 atom stereocenters. The summed E-state index contributed by atoms with van der Waals surface area (Å²) < 4.78 is 12.7. The number of benzene rings is 3. The van der Waals surface area contributed by atoms with Crippen molar-refractivity contribution in [3.8, 4) is 0 Å². The first-order valence-corrected chi connectivity index (χ1v) is 9.25. The van der Waals surface area contributed by atoms with E-state index < -0.39 is 5.28 Å². The van der Waals surface area contributed by atoms with Crippen LogP contribution in [0, 0.1) is 0 Å². The lowest BCUT2D eigenvalue weighted by Gasteiger charge is -2.41. The van der Waals surface area contributed by atoms with Gasteiger partial charge in [-0.3, -0.25) is 9.46 Å². The molecule has 2 nitrogen and oxygen atoms in total. The lowest BCUT2D eigenvalue weighted by molar-refractivity contribution is 0.181. The second-order valence-electron chi connectivity index (χ2n) is 6.19. The van der Waals surface area contributed by atoms with Crippen molar-refractivity contribution in [2.75, 3.05) is 7.05 Å². The van der Waals surface area contributed by atoms with Gasteiger partial charge < -0.3 is 0 Å². The van der Waals surface area contributed by atoms with Crippen LogP contribution in [0.3, 0.4) is 0 Å². The fourth-order valence-electron chi connectivity index (χ4n) is 3.32. The Balaban J connectivity index is 2.16. The highest BCUT2D eigenvalue weighted by molar-refractivity contribution is 7.25. The van der Waals surface area contributed by atoms with Gasteiger partial charge in [-0.05, 0) is 30.7 Å². The zero-order valence-electron chi connectivity index (χ0n) is 14.5. The zero-order chi connectivity index (χ0) is 17.7. The van der Waals surface area contributed by atoms with E-state index in [9.17, 15) is 4.57 Å². The SMILES string of the molecule is CC(c1ccccc1)N(C)C(P=O)(c1ccccc1)c1ccccc1. The molecule has 3 heteroatoms. The smallest absolute Gasteiger partial charge is 0.188 e. The van der Waals surface area contributed by atoms with Crippen molar-refractivity contribution in [2.24, 2.45) is 0 Å². The molecule has 0 amide bonds. The Kier molecular flexibility index (Phi) is 5.43. The highest BCUT2D eigenvalue weighted by Crippen LogP contribution is 2.47. The molecule has 25 heavy (non-hydrogen) atoms. The minimum absolute atomic E-state index is 0.0493. The van der Waals surface area contributed by atoms with Crippen molar-refractivity contribution in [1.29, 1.82) is 0 Å². The fourth-order valence-corrected chi connectivity index (χ4v) is 4.13. The number of hydrogen-bond acceptors (Lipinski definition) is 2. The number of hydrogen-bond donors (Lipinski definition) is 0. The summed E-state index contributed by atoms with van der Waals surface area (Å²) >= 11 is 0. The van der Waals surface area contributed by atoms with Crippen molar-refractivity contribution in [1.82, 2.24) is 4.90 Å². The molecule has 0 aliphatic heterocycles. The van der Waals surface area contributed by atoms with Crippen molar-refractivity contribution in [3.63, 3.8) is 0 Å². The molecule has 1 unspecified atom stereocenters. The van der Waals surface area contributed by atoms with Crippen LogP contribution < -0.4 is 0 Å². The van der Waals surface area contributed by atoms with Gasteiger partial charge in [-0.2, -0.15) is 0 Å². The molecule has 0 bridgehead atoms. The number of nitrogens with zero attached hydrogens (tertiary/aromatic N) is 1. The summed E-state index contributed by atoms with van der Waals surface area (Å²) in [6, 6.07) is 30.6. The molecule has 3 rings (SSSR count). The van der Waals surface area contributed by atoms with Gasteiger partial charge >= 0.3 is 0 Å².